The molecule has 13 heavy (non-hydrogen) atoms. The van der Waals surface area contributed by atoms with Crippen LogP contribution in [0.2, 0.25) is 0 Å². The minimum Gasteiger partial charge on any atom is -0.351 e. The van der Waals surface area contributed by atoms with E-state index in [1.807, 2.05) is 0 Å². The van der Waals surface area contributed by atoms with E-state index in [0.29, 0.717) is 6.29 Å². The molecular weight excluding hydrogens is 175 g/mol. The highest BCUT2D eigenvalue weighted by atomic mass is 19.1. The standard InChI is InChI=1S/C8H7FN2O2/c9-6-3-5(4-12)1-2-7(6)11-8(10)13/h1-4H,(H3,10,11,13). The van der Waals surface area contributed by atoms with E-state index >= 15 is 0 Å². The average molecular weight is 182 g/mol. The molecule has 0 heterocycles. The minimum atomic E-state index is -0.849. The topological polar surface area (TPSA) is 72.2 Å². The van der Waals surface area contributed by atoms with Crippen molar-refractivity contribution in [1.82, 2.24) is 0 Å². The van der Waals surface area contributed by atoms with Crippen molar-refractivity contribution in [3.05, 3.63) is 29.6 Å². The zero-order valence-electron chi connectivity index (χ0n) is 6.58. The van der Waals surface area contributed by atoms with Crippen LogP contribution in [-0.4, -0.2) is 12.3 Å². The van der Waals surface area contributed by atoms with Crippen LogP contribution in [0.15, 0.2) is 18.2 Å². The predicted octanol–water partition coefficient (Wildman–Crippen LogP) is 1.13. The van der Waals surface area contributed by atoms with Crippen molar-refractivity contribution in [1.29, 1.82) is 0 Å². The summed E-state index contributed by atoms with van der Waals surface area (Å²) in [7, 11) is 0. The van der Waals surface area contributed by atoms with E-state index in [-0.39, 0.29) is 11.3 Å². The Balaban J connectivity index is 2.98. The highest BCUT2D eigenvalue weighted by Gasteiger charge is 2.04. The van der Waals surface area contributed by atoms with Gasteiger partial charge >= 0.3 is 6.03 Å². The van der Waals surface area contributed by atoms with Gasteiger partial charge in [0.2, 0.25) is 0 Å². The lowest BCUT2D eigenvalue weighted by atomic mass is 10.2. The van der Waals surface area contributed by atoms with Crippen LogP contribution in [0.3, 0.4) is 0 Å². The van der Waals surface area contributed by atoms with Gasteiger partial charge in [0.05, 0.1) is 5.69 Å². The number of amides is 2. The van der Waals surface area contributed by atoms with Gasteiger partial charge in [0.1, 0.15) is 12.1 Å². The molecule has 0 saturated carbocycles. The lowest BCUT2D eigenvalue weighted by molar-refractivity contribution is 0.112. The normalized spacial score (nSPS) is 9.31. The summed E-state index contributed by atoms with van der Waals surface area (Å²) in [6, 6.07) is 2.81. The molecule has 0 aromatic heterocycles. The number of anilines is 1. The summed E-state index contributed by atoms with van der Waals surface area (Å²) < 4.78 is 13.0. The molecule has 0 aliphatic rings. The number of halogens is 1. The number of benzene rings is 1. The van der Waals surface area contributed by atoms with Gasteiger partial charge in [-0.3, -0.25) is 4.79 Å². The van der Waals surface area contributed by atoms with Gasteiger partial charge in [-0.15, -0.1) is 0 Å². The summed E-state index contributed by atoms with van der Waals surface area (Å²) in [5.74, 6) is -0.691. The molecule has 0 unspecified atom stereocenters. The van der Waals surface area contributed by atoms with Crippen molar-refractivity contribution >= 4 is 18.0 Å². The van der Waals surface area contributed by atoms with E-state index in [4.69, 9.17) is 5.73 Å². The van der Waals surface area contributed by atoms with Crippen LogP contribution in [0.1, 0.15) is 10.4 Å². The van der Waals surface area contributed by atoms with Crippen LogP contribution < -0.4 is 11.1 Å². The predicted molar refractivity (Wildman–Crippen MR) is 45.0 cm³/mol. The van der Waals surface area contributed by atoms with Gasteiger partial charge < -0.3 is 11.1 Å². The molecule has 0 atom stereocenters. The molecule has 1 aromatic rings. The number of rotatable bonds is 2. The summed E-state index contributed by atoms with van der Waals surface area (Å²) >= 11 is 0. The summed E-state index contributed by atoms with van der Waals surface area (Å²) in [4.78, 5) is 20.6. The zero-order chi connectivity index (χ0) is 9.84. The van der Waals surface area contributed by atoms with Gasteiger partial charge in [0, 0.05) is 5.56 Å². The summed E-state index contributed by atoms with van der Waals surface area (Å²) in [5, 5.41) is 2.07. The van der Waals surface area contributed by atoms with Crippen molar-refractivity contribution in [2.75, 3.05) is 5.32 Å². The lowest BCUT2D eigenvalue weighted by Crippen LogP contribution is -2.20. The van der Waals surface area contributed by atoms with Crippen molar-refractivity contribution in [2.45, 2.75) is 0 Å². The Labute approximate surface area is 73.5 Å². The first-order valence-electron chi connectivity index (χ1n) is 3.44. The van der Waals surface area contributed by atoms with E-state index in [9.17, 15) is 14.0 Å². The maximum Gasteiger partial charge on any atom is 0.316 e. The fraction of sp³-hybridized carbons (Fsp3) is 0. The molecule has 0 spiro atoms. The van der Waals surface area contributed by atoms with E-state index < -0.39 is 11.8 Å². The number of carbonyl (C=O) groups excluding carboxylic acids is 2. The molecule has 68 valence electrons. The molecule has 5 heteroatoms. The number of hydrogen-bond donors (Lipinski definition) is 2. The fourth-order valence-electron chi connectivity index (χ4n) is 0.839. The van der Waals surface area contributed by atoms with Crippen LogP contribution in [0, 0.1) is 5.82 Å². The van der Waals surface area contributed by atoms with Gasteiger partial charge in [0.15, 0.2) is 0 Å². The Morgan fingerprint density at radius 3 is 2.69 bits per heavy atom. The molecule has 1 aromatic carbocycles. The quantitative estimate of drug-likeness (QED) is 0.673. The Morgan fingerprint density at radius 1 is 1.54 bits per heavy atom. The van der Waals surface area contributed by atoms with Crippen LogP contribution in [0.25, 0.3) is 0 Å². The number of primary amides is 1. The monoisotopic (exact) mass is 182 g/mol. The number of hydrogen-bond acceptors (Lipinski definition) is 2. The minimum absolute atomic E-state index is 0.0434. The van der Waals surface area contributed by atoms with Crippen LogP contribution in [0.5, 0.6) is 0 Å². The Bertz CT molecular complexity index is 352. The number of carbonyl (C=O) groups is 2. The molecule has 2 amide bonds. The van der Waals surface area contributed by atoms with Crippen LogP contribution in [-0.2, 0) is 0 Å². The van der Waals surface area contributed by atoms with Crippen molar-refractivity contribution < 1.29 is 14.0 Å². The van der Waals surface area contributed by atoms with Gasteiger partial charge in [-0.2, -0.15) is 0 Å². The number of aldehydes is 1. The summed E-state index contributed by atoms with van der Waals surface area (Å²) in [6.45, 7) is 0. The van der Waals surface area contributed by atoms with E-state index in [1.54, 1.807) is 0 Å². The maximum absolute atomic E-state index is 13.0. The number of nitrogens with two attached hydrogens (primary N) is 1. The highest BCUT2D eigenvalue weighted by molar-refractivity contribution is 5.88. The summed E-state index contributed by atoms with van der Waals surface area (Å²) in [6.07, 6.45) is 0.511. The van der Waals surface area contributed by atoms with Crippen molar-refractivity contribution in [3.8, 4) is 0 Å². The third-order valence-corrected chi connectivity index (χ3v) is 1.39. The maximum atomic E-state index is 13.0. The Morgan fingerprint density at radius 2 is 2.23 bits per heavy atom. The average Bonchev–Trinajstić information content (AvgIpc) is 2.08. The zero-order valence-corrected chi connectivity index (χ0v) is 6.58. The van der Waals surface area contributed by atoms with Crippen LogP contribution >= 0.6 is 0 Å². The van der Waals surface area contributed by atoms with Gasteiger partial charge in [-0.25, -0.2) is 9.18 Å². The molecule has 4 nitrogen and oxygen atoms in total. The second-order valence-electron chi connectivity index (χ2n) is 2.35. The van der Waals surface area contributed by atoms with Gasteiger partial charge in [-0.1, -0.05) is 0 Å². The molecular formula is C8H7FN2O2. The first-order valence-corrected chi connectivity index (χ1v) is 3.44. The molecule has 0 saturated heterocycles. The molecule has 3 N–H and O–H groups in total. The molecule has 0 radical (unpaired) electrons. The largest absolute Gasteiger partial charge is 0.351 e. The van der Waals surface area contributed by atoms with Crippen molar-refractivity contribution in [2.24, 2.45) is 5.73 Å². The molecule has 0 aliphatic carbocycles. The van der Waals surface area contributed by atoms with E-state index in [2.05, 4.69) is 5.32 Å². The second-order valence-corrected chi connectivity index (χ2v) is 2.35. The lowest BCUT2D eigenvalue weighted by Gasteiger charge is -2.02. The highest BCUT2D eigenvalue weighted by Crippen LogP contribution is 2.14. The first-order chi connectivity index (χ1) is 6.13. The Kier molecular flexibility index (Phi) is 2.59. The second kappa shape index (κ2) is 3.66. The van der Waals surface area contributed by atoms with Gasteiger partial charge in [-0.05, 0) is 18.2 Å². The number of urea groups is 1. The third-order valence-electron chi connectivity index (χ3n) is 1.39. The fourth-order valence-corrected chi connectivity index (χ4v) is 0.839. The van der Waals surface area contributed by atoms with E-state index in [1.165, 1.54) is 12.1 Å². The SMILES string of the molecule is NC(=O)Nc1ccc(C=O)cc1F. The molecule has 0 fully saturated rings. The Hall–Kier alpha value is -1.91. The molecule has 0 bridgehead atoms. The first kappa shape index (κ1) is 9.18. The molecule has 0 aliphatic heterocycles. The van der Waals surface area contributed by atoms with E-state index in [0.717, 1.165) is 6.07 Å². The van der Waals surface area contributed by atoms with Crippen LogP contribution in [0.4, 0.5) is 14.9 Å². The van der Waals surface area contributed by atoms with Gasteiger partial charge in [0.25, 0.3) is 0 Å². The van der Waals surface area contributed by atoms with Crippen molar-refractivity contribution in [3.63, 3.8) is 0 Å². The number of nitrogens with one attached hydrogen (secondary N) is 1. The molecule has 1 rings (SSSR count). The smallest absolute Gasteiger partial charge is 0.316 e. The third kappa shape index (κ3) is 2.26. The summed E-state index contributed by atoms with van der Waals surface area (Å²) in [5.41, 5.74) is 4.94.